The Labute approximate surface area is 154 Å². The monoisotopic (exact) mass is 362 g/mol. The van der Waals surface area contributed by atoms with Crippen LogP contribution in [0.2, 0.25) is 0 Å². The van der Waals surface area contributed by atoms with Gasteiger partial charge in [-0.1, -0.05) is 19.4 Å². The Morgan fingerprint density at radius 3 is 2.62 bits per heavy atom. The molecule has 3 saturated carbocycles. The third-order valence-electron chi connectivity index (χ3n) is 8.59. The largest absolute Gasteiger partial charge is 0.394 e. The first-order chi connectivity index (χ1) is 12.2. The number of aliphatic hydroxyl groups excluding tert-OH is 2. The zero-order valence-corrected chi connectivity index (χ0v) is 15.7. The average molecular weight is 362 g/mol. The van der Waals surface area contributed by atoms with Gasteiger partial charge in [0, 0.05) is 24.2 Å². The van der Waals surface area contributed by atoms with Gasteiger partial charge in [-0.2, -0.15) is 0 Å². The van der Waals surface area contributed by atoms with Crippen molar-refractivity contribution >= 4 is 11.6 Å². The summed E-state index contributed by atoms with van der Waals surface area (Å²) in [6, 6.07) is 0. The van der Waals surface area contributed by atoms with Gasteiger partial charge in [0.15, 0.2) is 5.78 Å². The number of rotatable bonds is 2. The van der Waals surface area contributed by atoms with E-state index in [1.54, 1.807) is 6.08 Å². The van der Waals surface area contributed by atoms with E-state index in [1.165, 1.54) is 0 Å². The number of carbonyl (C=O) groups is 2. The highest BCUT2D eigenvalue weighted by Gasteiger charge is 2.68. The second kappa shape index (κ2) is 5.73. The van der Waals surface area contributed by atoms with Gasteiger partial charge in [-0.25, -0.2) is 0 Å². The SMILES string of the molecule is C[C@]12CCC(=O)C=C1CC[C@@H]1[C@H]2C(=O)C[C@@]2(C)[C@H]1CC[C@]2(O)[C@@H](O)CO. The van der Waals surface area contributed by atoms with Crippen LogP contribution < -0.4 is 0 Å². The number of fused-ring (bicyclic) bond motifs is 5. The van der Waals surface area contributed by atoms with E-state index in [4.69, 9.17) is 0 Å². The molecule has 0 heterocycles. The smallest absolute Gasteiger partial charge is 0.155 e. The highest BCUT2D eigenvalue weighted by Crippen LogP contribution is 2.66. The molecule has 3 fully saturated rings. The lowest BCUT2D eigenvalue weighted by Gasteiger charge is -2.58. The first-order valence-electron chi connectivity index (χ1n) is 9.95. The fourth-order valence-corrected chi connectivity index (χ4v) is 7.12. The summed E-state index contributed by atoms with van der Waals surface area (Å²) in [6.07, 6.45) is 4.93. The van der Waals surface area contributed by atoms with Crippen molar-refractivity contribution < 1.29 is 24.9 Å². The molecule has 7 atom stereocenters. The van der Waals surface area contributed by atoms with Gasteiger partial charge in [0.2, 0.25) is 0 Å². The fourth-order valence-electron chi connectivity index (χ4n) is 7.12. The number of hydrogen-bond donors (Lipinski definition) is 3. The molecule has 144 valence electrons. The van der Waals surface area contributed by atoms with Crippen LogP contribution in [-0.2, 0) is 9.59 Å². The van der Waals surface area contributed by atoms with E-state index in [-0.39, 0.29) is 41.2 Å². The standard InChI is InChI=1S/C21H30O5/c1-19-7-5-13(23)9-12(19)3-4-14-15-6-8-21(26,17(25)11-22)20(15,2)10-16(24)18(14)19/h9,14-15,17-18,22,25-26H,3-8,10-11H2,1-2H3/t14-,15-,17-,18-,19-,20-,21-/m0/s1. The Bertz CT molecular complexity index is 684. The third-order valence-corrected chi connectivity index (χ3v) is 8.59. The molecule has 0 spiro atoms. The van der Waals surface area contributed by atoms with Gasteiger partial charge >= 0.3 is 0 Å². The number of ketones is 2. The van der Waals surface area contributed by atoms with Crippen molar-refractivity contribution in [3.63, 3.8) is 0 Å². The van der Waals surface area contributed by atoms with Crippen molar-refractivity contribution in [2.75, 3.05) is 6.61 Å². The van der Waals surface area contributed by atoms with Crippen LogP contribution in [0.5, 0.6) is 0 Å². The van der Waals surface area contributed by atoms with E-state index >= 15 is 0 Å². The van der Waals surface area contributed by atoms with Crippen molar-refractivity contribution in [1.82, 2.24) is 0 Å². The van der Waals surface area contributed by atoms with Gasteiger partial charge in [0.25, 0.3) is 0 Å². The van der Waals surface area contributed by atoms with Crippen molar-refractivity contribution in [3.05, 3.63) is 11.6 Å². The molecule has 26 heavy (non-hydrogen) atoms. The first kappa shape index (κ1) is 18.3. The Morgan fingerprint density at radius 2 is 1.92 bits per heavy atom. The van der Waals surface area contributed by atoms with Crippen LogP contribution in [0.1, 0.15) is 58.8 Å². The van der Waals surface area contributed by atoms with Gasteiger partial charge in [0.05, 0.1) is 12.2 Å². The molecule has 0 aromatic rings. The number of allylic oxidation sites excluding steroid dienone is 1. The molecule has 5 heteroatoms. The number of hydrogen-bond acceptors (Lipinski definition) is 5. The van der Waals surface area contributed by atoms with E-state index in [0.717, 1.165) is 31.3 Å². The summed E-state index contributed by atoms with van der Waals surface area (Å²) in [5, 5.41) is 31.0. The lowest BCUT2D eigenvalue weighted by molar-refractivity contribution is -0.187. The summed E-state index contributed by atoms with van der Waals surface area (Å²) in [6.45, 7) is 3.58. The van der Waals surface area contributed by atoms with Crippen LogP contribution in [0.4, 0.5) is 0 Å². The minimum Gasteiger partial charge on any atom is -0.394 e. The van der Waals surface area contributed by atoms with E-state index < -0.39 is 23.7 Å². The Morgan fingerprint density at radius 1 is 1.19 bits per heavy atom. The normalized spacial score (nSPS) is 49.1. The summed E-state index contributed by atoms with van der Waals surface area (Å²) in [5.41, 5.74) is -1.22. The maximum Gasteiger partial charge on any atom is 0.155 e. The maximum absolute atomic E-state index is 13.3. The number of carbonyl (C=O) groups excluding carboxylic acids is 2. The molecule has 0 aromatic carbocycles. The Hall–Kier alpha value is -1.04. The molecule has 0 saturated heterocycles. The van der Waals surface area contributed by atoms with Gasteiger partial charge in [-0.05, 0) is 55.4 Å². The summed E-state index contributed by atoms with van der Waals surface area (Å²) in [7, 11) is 0. The van der Waals surface area contributed by atoms with Crippen LogP contribution in [0.3, 0.4) is 0 Å². The lowest BCUT2D eigenvalue weighted by atomic mass is 9.45. The Kier molecular flexibility index (Phi) is 4.04. The minimum atomic E-state index is -1.41. The van der Waals surface area contributed by atoms with E-state index in [9.17, 15) is 24.9 Å². The van der Waals surface area contributed by atoms with Crippen molar-refractivity contribution in [2.45, 2.75) is 70.5 Å². The highest BCUT2D eigenvalue weighted by molar-refractivity contribution is 5.93. The molecule has 0 radical (unpaired) electrons. The van der Waals surface area contributed by atoms with Gasteiger partial charge in [-0.15, -0.1) is 0 Å². The molecule has 4 aliphatic rings. The van der Waals surface area contributed by atoms with Gasteiger partial charge < -0.3 is 15.3 Å². The first-order valence-corrected chi connectivity index (χ1v) is 9.95. The molecule has 0 aromatic heterocycles. The number of Topliss-reactive ketones (excluding diaryl/α,β-unsaturated/α-hetero) is 1. The molecule has 0 aliphatic heterocycles. The van der Waals surface area contributed by atoms with Crippen molar-refractivity contribution in [2.24, 2.45) is 28.6 Å². The third kappa shape index (κ3) is 2.14. The predicted molar refractivity (Wildman–Crippen MR) is 95.1 cm³/mol. The zero-order valence-electron chi connectivity index (χ0n) is 15.7. The van der Waals surface area contributed by atoms with Crippen LogP contribution >= 0.6 is 0 Å². The van der Waals surface area contributed by atoms with Crippen LogP contribution in [0, 0.1) is 28.6 Å². The highest BCUT2D eigenvalue weighted by atomic mass is 16.4. The lowest BCUT2D eigenvalue weighted by Crippen LogP contribution is -2.62. The molecule has 0 bridgehead atoms. The van der Waals surface area contributed by atoms with Crippen LogP contribution in [-0.4, -0.2) is 45.2 Å². The molecular formula is C21H30O5. The molecule has 3 N–H and O–H groups in total. The van der Waals surface area contributed by atoms with Gasteiger partial charge in [0.1, 0.15) is 11.9 Å². The predicted octanol–water partition coefficient (Wildman–Crippen LogP) is 1.78. The molecule has 5 nitrogen and oxygen atoms in total. The second-order valence-corrected chi connectivity index (χ2v) is 9.56. The van der Waals surface area contributed by atoms with Crippen molar-refractivity contribution in [1.29, 1.82) is 0 Å². The molecule has 4 aliphatic carbocycles. The summed E-state index contributed by atoms with van der Waals surface area (Å²) in [4.78, 5) is 25.2. The molecule has 0 unspecified atom stereocenters. The van der Waals surface area contributed by atoms with E-state index in [0.29, 0.717) is 12.8 Å². The van der Waals surface area contributed by atoms with Crippen LogP contribution in [0.25, 0.3) is 0 Å². The van der Waals surface area contributed by atoms with E-state index in [2.05, 4.69) is 6.92 Å². The van der Waals surface area contributed by atoms with E-state index in [1.807, 2.05) is 6.92 Å². The average Bonchev–Trinajstić information content (AvgIpc) is 2.86. The fraction of sp³-hybridized carbons (Fsp3) is 0.810. The summed E-state index contributed by atoms with van der Waals surface area (Å²) >= 11 is 0. The minimum absolute atomic E-state index is 0.0951. The topological polar surface area (TPSA) is 94.8 Å². The molecule has 4 rings (SSSR count). The maximum atomic E-state index is 13.3. The number of aliphatic hydroxyl groups is 3. The van der Waals surface area contributed by atoms with Crippen LogP contribution in [0.15, 0.2) is 11.6 Å². The summed E-state index contributed by atoms with van der Waals surface area (Å²) in [5.74, 6) is 0.568. The van der Waals surface area contributed by atoms with Gasteiger partial charge in [-0.3, -0.25) is 9.59 Å². The van der Waals surface area contributed by atoms with Crippen molar-refractivity contribution in [3.8, 4) is 0 Å². The molecule has 0 amide bonds. The Balaban J connectivity index is 1.74. The second-order valence-electron chi connectivity index (χ2n) is 9.56. The zero-order chi connectivity index (χ0) is 18.9. The quantitative estimate of drug-likeness (QED) is 0.696. The molecular weight excluding hydrogens is 332 g/mol. The summed E-state index contributed by atoms with van der Waals surface area (Å²) < 4.78 is 0.